The first kappa shape index (κ1) is 10.4. The van der Waals surface area contributed by atoms with Crippen molar-refractivity contribution < 1.29 is 14.6 Å². The van der Waals surface area contributed by atoms with Crippen LogP contribution in [0.4, 0.5) is 0 Å². The van der Waals surface area contributed by atoms with E-state index in [1.54, 1.807) is 14.0 Å². The molecule has 0 aromatic rings. The highest BCUT2D eigenvalue weighted by molar-refractivity contribution is 5.69. The maximum Gasteiger partial charge on any atom is 0.308 e. The van der Waals surface area contributed by atoms with Gasteiger partial charge in [-0.1, -0.05) is 0 Å². The van der Waals surface area contributed by atoms with Gasteiger partial charge in [0.2, 0.25) is 0 Å². The van der Waals surface area contributed by atoms with Gasteiger partial charge in [0.25, 0.3) is 0 Å². The van der Waals surface area contributed by atoms with Crippen molar-refractivity contribution in [3.8, 4) is 0 Å². The Morgan fingerprint density at radius 1 is 1.73 bits per heavy atom. The average Bonchev–Trinajstić information content (AvgIpc) is 1.87. The fourth-order valence-corrected chi connectivity index (χ4v) is 0.720. The molecule has 0 fully saturated rings. The Morgan fingerprint density at radius 3 is 2.82 bits per heavy atom. The molecule has 0 aliphatic carbocycles. The lowest BCUT2D eigenvalue weighted by Crippen LogP contribution is -2.26. The van der Waals surface area contributed by atoms with Crippen molar-refractivity contribution in [3.63, 3.8) is 0 Å². The summed E-state index contributed by atoms with van der Waals surface area (Å²) in [5.41, 5.74) is 0. The molecule has 0 amide bonds. The third-order valence-electron chi connectivity index (χ3n) is 1.15. The van der Waals surface area contributed by atoms with Crippen molar-refractivity contribution in [2.75, 3.05) is 20.2 Å². The molecule has 0 aliphatic heterocycles. The Hall–Kier alpha value is -0.610. The number of likely N-dealkylation sites (N-methyl/N-ethyl adjacent to an activating group) is 1. The van der Waals surface area contributed by atoms with Crippen LogP contribution in [-0.2, 0) is 9.53 Å². The van der Waals surface area contributed by atoms with Crippen molar-refractivity contribution >= 4 is 5.97 Å². The summed E-state index contributed by atoms with van der Waals surface area (Å²) in [6.45, 7) is 2.52. The Morgan fingerprint density at radius 2 is 2.36 bits per heavy atom. The highest BCUT2D eigenvalue weighted by atomic mass is 16.5. The zero-order valence-corrected chi connectivity index (χ0v) is 6.96. The van der Waals surface area contributed by atoms with Crippen LogP contribution in [-0.4, -0.2) is 37.4 Å². The van der Waals surface area contributed by atoms with Crippen LogP contribution in [0.3, 0.4) is 0 Å². The van der Waals surface area contributed by atoms with E-state index < -0.39 is 6.10 Å². The number of ether oxygens (including phenoxy) is 1. The number of aliphatic hydroxyl groups is 1. The Labute approximate surface area is 66.5 Å². The van der Waals surface area contributed by atoms with Crippen molar-refractivity contribution in [2.24, 2.45) is 0 Å². The zero-order valence-electron chi connectivity index (χ0n) is 6.96. The normalized spacial score (nSPS) is 12.6. The van der Waals surface area contributed by atoms with Gasteiger partial charge in [-0.25, -0.2) is 0 Å². The number of hydrogen-bond donors (Lipinski definition) is 2. The third kappa shape index (κ3) is 5.82. The number of carbonyl (C=O) groups excluding carboxylic acids is 1. The summed E-state index contributed by atoms with van der Waals surface area (Å²) in [4.78, 5) is 10.7. The molecule has 0 saturated heterocycles. The number of rotatable bonds is 5. The van der Waals surface area contributed by atoms with E-state index >= 15 is 0 Å². The molecule has 4 nitrogen and oxygen atoms in total. The van der Waals surface area contributed by atoms with Crippen LogP contribution < -0.4 is 5.32 Å². The van der Waals surface area contributed by atoms with Crippen molar-refractivity contribution in [1.29, 1.82) is 0 Å². The lowest BCUT2D eigenvalue weighted by Gasteiger charge is -2.07. The molecule has 0 saturated carbocycles. The van der Waals surface area contributed by atoms with Crippen LogP contribution in [0.2, 0.25) is 0 Å². The van der Waals surface area contributed by atoms with Gasteiger partial charge in [0.05, 0.1) is 19.1 Å². The smallest absolute Gasteiger partial charge is 0.308 e. The van der Waals surface area contributed by atoms with Crippen LogP contribution in [0.1, 0.15) is 13.3 Å². The molecule has 0 rings (SSSR count). The van der Waals surface area contributed by atoms with Gasteiger partial charge >= 0.3 is 5.97 Å². The van der Waals surface area contributed by atoms with Crippen molar-refractivity contribution in [3.05, 3.63) is 0 Å². The van der Waals surface area contributed by atoms with Crippen molar-refractivity contribution in [1.82, 2.24) is 5.32 Å². The molecule has 1 unspecified atom stereocenters. The van der Waals surface area contributed by atoms with Crippen LogP contribution in [0.5, 0.6) is 0 Å². The monoisotopic (exact) mass is 161 g/mol. The third-order valence-corrected chi connectivity index (χ3v) is 1.15. The van der Waals surface area contributed by atoms with Gasteiger partial charge in [0, 0.05) is 6.54 Å². The van der Waals surface area contributed by atoms with Gasteiger partial charge in [-0.3, -0.25) is 4.79 Å². The van der Waals surface area contributed by atoms with E-state index in [-0.39, 0.29) is 12.4 Å². The summed E-state index contributed by atoms with van der Waals surface area (Å²) in [6.07, 6.45) is -0.576. The number of nitrogens with one attached hydrogen (secondary N) is 1. The van der Waals surface area contributed by atoms with E-state index in [1.807, 2.05) is 0 Å². The molecule has 0 bridgehead atoms. The molecular weight excluding hydrogens is 146 g/mol. The summed E-state index contributed by atoms with van der Waals surface area (Å²) < 4.78 is 4.63. The minimum absolute atomic E-state index is 0.0642. The Balaban J connectivity index is 3.40. The van der Waals surface area contributed by atoms with Crippen LogP contribution in [0.15, 0.2) is 0 Å². The summed E-state index contributed by atoms with van der Waals surface area (Å²) in [6, 6.07) is 0. The second kappa shape index (κ2) is 6.12. The van der Waals surface area contributed by atoms with Gasteiger partial charge in [0.1, 0.15) is 0 Å². The molecule has 0 radical (unpaired) electrons. The standard InChI is InChI=1S/C7H15NO3/c1-3-11-7(10)4-6(9)5-8-2/h6,8-9H,3-5H2,1-2H3. The van der Waals surface area contributed by atoms with Gasteiger partial charge < -0.3 is 15.2 Å². The zero-order chi connectivity index (χ0) is 8.69. The highest BCUT2D eigenvalue weighted by Crippen LogP contribution is 1.92. The Kier molecular flexibility index (Phi) is 5.78. The SMILES string of the molecule is CCOC(=O)CC(O)CNC. The summed E-state index contributed by atoms with van der Waals surface area (Å²) in [5.74, 6) is -0.352. The predicted octanol–water partition coefficient (Wildman–Crippen LogP) is -0.480. The van der Waals surface area contributed by atoms with Gasteiger partial charge in [-0.15, -0.1) is 0 Å². The van der Waals surface area contributed by atoms with E-state index in [1.165, 1.54) is 0 Å². The summed E-state index contributed by atoms with van der Waals surface area (Å²) in [5, 5.41) is 11.8. The van der Waals surface area contributed by atoms with Crippen LogP contribution >= 0.6 is 0 Å². The van der Waals surface area contributed by atoms with Crippen LogP contribution in [0, 0.1) is 0 Å². The molecule has 1 atom stereocenters. The number of esters is 1. The molecule has 4 heteroatoms. The molecule has 0 aromatic carbocycles. The first-order valence-corrected chi connectivity index (χ1v) is 3.69. The molecule has 0 spiro atoms. The molecule has 0 aliphatic rings. The lowest BCUT2D eigenvalue weighted by molar-refractivity contribution is -0.145. The van der Waals surface area contributed by atoms with Gasteiger partial charge in [-0.2, -0.15) is 0 Å². The average molecular weight is 161 g/mol. The van der Waals surface area contributed by atoms with E-state index in [2.05, 4.69) is 10.1 Å². The molecule has 0 aromatic heterocycles. The number of hydrogen-bond acceptors (Lipinski definition) is 4. The van der Waals surface area contributed by atoms with E-state index in [0.717, 1.165) is 0 Å². The van der Waals surface area contributed by atoms with Crippen LogP contribution in [0.25, 0.3) is 0 Å². The van der Waals surface area contributed by atoms with E-state index in [0.29, 0.717) is 13.2 Å². The maximum atomic E-state index is 10.7. The Bertz CT molecular complexity index is 116. The minimum atomic E-state index is -0.640. The first-order chi connectivity index (χ1) is 5.20. The van der Waals surface area contributed by atoms with E-state index in [9.17, 15) is 4.79 Å². The topological polar surface area (TPSA) is 58.6 Å². The first-order valence-electron chi connectivity index (χ1n) is 3.69. The fraction of sp³-hybridized carbons (Fsp3) is 0.857. The van der Waals surface area contributed by atoms with Gasteiger partial charge in [-0.05, 0) is 14.0 Å². The van der Waals surface area contributed by atoms with Crippen molar-refractivity contribution in [2.45, 2.75) is 19.4 Å². The minimum Gasteiger partial charge on any atom is -0.466 e. The second-order valence-electron chi connectivity index (χ2n) is 2.22. The molecule has 66 valence electrons. The predicted molar refractivity (Wildman–Crippen MR) is 41.2 cm³/mol. The number of aliphatic hydroxyl groups excluding tert-OH is 1. The quantitative estimate of drug-likeness (QED) is 0.535. The fourth-order valence-electron chi connectivity index (χ4n) is 0.720. The molecule has 0 heterocycles. The highest BCUT2D eigenvalue weighted by Gasteiger charge is 2.09. The largest absolute Gasteiger partial charge is 0.466 e. The van der Waals surface area contributed by atoms with Gasteiger partial charge in [0.15, 0.2) is 0 Å². The molecule has 2 N–H and O–H groups in total. The van der Waals surface area contributed by atoms with E-state index in [4.69, 9.17) is 5.11 Å². The summed E-state index contributed by atoms with van der Waals surface area (Å²) >= 11 is 0. The second-order valence-corrected chi connectivity index (χ2v) is 2.22. The maximum absolute atomic E-state index is 10.7. The summed E-state index contributed by atoms with van der Waals surface area (Å²) in [7, 11) is 1.72. The molecular formula is C7H15NO3. The number of carbonyl (C=O) groups is 1. The molecule has 11 heavy (non-hydrogen) atoms. The lowest BCUT2D eigenvalue weighted by atomic mass is 10.2.